The number of hydrogen-bond donors (Lipinski definition) is 2. The molecule has 0 heterocycles. The molecule has 0 amide bonds. The summed E-state index contributed by atoms with van der Waals surface area (Å²) in [6.07, 6.45) is 0. The van der Waals surface area contributed by atoms with Crippen LogP contribution in [-0.2, 0) is 6.61 Å². The van der Waals surface area contributed by atoms with Gasteiger partial charge >= 0.3 is 0 Å². The Morgan fingerprint density at radius 3 is 2.67 bits per heavy atom. The Kier molecular flexibility index (Phi) is 3.57. The summed E-state index contributed by atoms with van der Waals surface area (Å²) in [4.78, 5) is 0. The summed E-state index contributed by atoms with van der Waals surface area (Å²) in [5.41, 5.74) is 6.91. The van der Waals surface area contributed by atoms with Crippen LogP contribution in [0.25, 0.3) is 0 Å². The molecule has 3 nitrogen and oxygen atoms in total. The molecule has 4 heteroatoms. The van der Waals surface area contributed by atoms with E-state index in [2.05, 4.69) is 0 Å². The number of rotatable bonds is 4. The Labute approximate surface area is 105 Å². The Bertz CT molecular complexity index is 569. The van der Waals surface area contributed by atoms with Crippen LogP contribution >= 0.6 is 0 Å². The molecule has 0 radical (unpaired) electrons. The number of amidine groups is 1. The number of hydrogen-bond acceptors (Lipinski definition) is 2. The van der Waals surface area contributed by atoms with Crippen LogP contribution in [0, 0.1) is 11.2 Å². The van der Waals surface area contributed by atoms with Gasteiger partial charge in [0.05, 0.1) is 0 Å². The fourth-order valence-electron chi connectivity index (χ4n) is 1.63. The Morgan fingerprint density at radius 1 is 1.17 bits per heavy atom. The van der Waals surface area contributed by atoms with Crippen molar-refractivity contribution in [3.05, 3.63) is 65.5 Å². The maximum absolute atomic E-state index is 13.0. The van der Waals surface area contributed by atoms with Gasteiger partial charge in [0, 0.05) is 17.2 Å². The number of halogens is 1. The standard InChI is InChI=1S/C14H13FN2O/c15-11-5-3-6-12(8-11)18-9-10-4-1-2-7-13(10)14(16)17/h1-8H,9H2,(H3,16,17). The lowest BCUT2D eigenvalue weighted by molar-refractivity contribution is 0.304. The van der Waals surface area contributed by atoms with Crippen molar-refractivity contribution in [2.75, 3.05) is 0 Å². The molecule has 0 aliphatic heterocycles. The molecule has 0 unspecified atom stereocenters. The maximum Gasteiger partial charge on any atom is 0.126 e. The Balaban J connectivity index is 2.13. The molecule has 0 aliphatic carbocycles. The van der Waals surface area contributed by atoms with Gasteiger partial charge in [-0.05, 0) is 12.1 Å². The van der Waals surface area contributed by atoms with E-state index in [-0.39, 0.29) is 18.3 Å². The fourth-order valence-corrected chi connectivity index (χ4v) is 1.63. The highest BCUT2D eigenvalue weighted by Gasteiger charge is 2.05. The molecule has 2 rings (SSSR count). The van der Waals surface area contributed by atoms with Crippen molar-refractivity contribution in [3.8, 4) is 5.75 Å². The molecule has 0 spiro atoms. The fraction of sp³-hybridized carbons (Fsp3) is 0.0714. The lowest BCUT2D eigenvalue weighted by Crippen LogP contribution is -2.14. The van der Waals surface area contributed by atoms with Gasteiger partial charge in [-0.1, -0.05) is 30.3 Å². The summed E-state index contributed by atoms with van der Waals surface area (Å²) in [5, 5.41) is 7.46. The van der Waals surface area contributed by atoms with Crippen molar-refractivity contribution in [1.29, 1.82) is 5.41 Å². The molecule has 0 aromatic heterocycles. The topological polar surface area (TPSA) is 59.1 Å². The molecule has 0 fully saturated rings. The lowest BCUT2D eigenvalue weighted by atomic mass is 10.1. The summed E-state index contributed by atoms with van der Waals surface area (Å²) in [5.74, 6) is 0.106. The van der Waals surface area contributed by atoms with E-state index >= 15 is 0 Å². The summed E-state index contributed by atoms with van der Waals surface area (Å²) in [6, 6.07) is 13.2. The van der Waals surface area contributed by atoms with Crippen LogP contribution in [0.4, 0.5) is 4.39 Å². The van der Waals surface area contributed by atoms with Crippen molar-refractivity contribution < 1.29 is 9.13 Å². The molecule has 0 aliphatic rings. The number of nitrogen functional groups attached to an aromatic ring is 1. The number of ether oxygens (including phenoxy) is 1. The van der Waals surface area contributed by atoms with E-state index < -0.39 is 0 Å². The zero-order valence-corrected chi connectivity index (χ0v) is 9.69. The molecule has 2 aromatic carbocycles. The van der Waals surface area contributed by atoms with Crippen LogP contribution in [0.1, 0.15) is 11.1 Å². The van der Waals surface area contributed by atoms with Gasteiger partial charge in [-0.3, -0.25) is 5.41 Å². The first-order chi connectivity index (χ1) is 8.66. The third kappa shape index (κ3) is 2.85. The monoisotopic (exact) mass is 244 g/mol. The molecular weight excluding hydrogens is 231 g/mol. The van der Waals surface area contributed by atoms with Crippen molar-refractivity contribution in [2.45, 2.75) is 6.61 Å². The Hall–Kier alpha value is -2.36. The summed E-state index contributed by atoms with van der Waals surface area (Å²) < 4.78 is 18.4. The van der Waals surface area contributed by atoms with E-state index in [4.69, 9.17) is 15.9 Å². The van der Waals surface area contributed by atoms with Crippen molar-refractivity contribution in [2.24, 2.45) is 5.73 Å². The van der Waals surface area contributed by atoms with Crippen LogP contribution in [0.15, 0.2) is 48.5 Å². The van der Waals surface area contributed by atoms with Gasteiger partial charge < -0.3 is 10.5 Å². The van der Waals surface area contributed by atoms with E-state index in [1.807, 2.05) is 18.2 Å². The van der Waals surface area contributed by atoms with Crippen LogP contribution in [0.3, 0.4) is 0 Å². The average Bonchev–Trinajstić information content (AvgIpc) is 2.37. The first-order valence-corrected chi connectivity index (χ1v) is 5.47. The van der Waals surface area contributed by atoms with Gasteiger partial charge in [0.15, 0.2) is 0 Å². The first-order valence-electron chi connectivity index (χ1n) is 5.47. The van der Waals surface area contributed by atoms with Crippen molar-refractivity contribution >= 4 is 5.84 Å². The molecule has 92 valence electrons. The van der Waals surface area contributed by atoms with Gasteiger partial charge in [0.25, 0.3) is 0 Å². The van der Waals surface area contributed by atoms with Crippen LogP contribution in [0.5, 0.6) is 5.75 Å². The first kappa shape index (κ1) is 12.1. The smallest absolute Gasteiger partial charge is 0.126 e. The zero-order valence-electron chi connectivity index (χ0n) is 9.69. The van der Waals surface area contributed by atoms with Crippen LogP contribution < -0.4 is 10.5 Å². The van der Waals surface area contributed by atoms with Crippen LogP contribution in [-0.4, -0.2) is 5.84 Å². The number of benzene rings is 2. The largest absolute Gasteiger partial charge is 0.489 e. The summed E-state index contributed by atoms with van der Waals surface area (Å²) in [7, 11) is 0. The molecule has 0 bridgehead atoms. The highest BCUT2D eigenvalue weighted by atomic mass is 19.1. The number of nitrogens with one attached hydrogen (secondary N) is 1. The molecule has 0 saturated carbocycles. The third-order valence-electron chi connectivity index (χ3n) is 2.50. The van der Waals surface area contributed by atoms with Crippen LogP contribution in [0.2, 0.25) is 0 Å². The van der Waals surface area contributed by atoms with Crippen molar-refractivity contribution in [1.82, 2.24) is 0 Å². The molecular formula is C14H13FN2O. The van der Waals surface area contributed by atoms with Gasteiger partial charge in [0.1, 0.15) is 24.0 Å². The van der Waals surface area contributed by atoms with Gasteiger partial charge in [0.2, 0.25) is 0 Å². The Morgan fingerprint density at radius 2 is 1.94 bits per heavy atom. The quantitative estimate of drug-likeness (QED) is 0.641. The van der Waals surface area contributed by atoms with E-state index in [1.54, 1.807) is 18.2 Å². The molecule has 0 saturated heterocycles. The zero-order chi connectivity index (χ0) is 13.0. The average molecular weight is 244 g/mol. The summed E-state index contributed by atoms with van der Waals surface area (Å²) in [6.45, 7) is 0.249. The second-order valence-corrected chi connectivity index (χ2v) is 3.82. The second kappa shape index (κ2) is 5.31. The minimum absolute atomic E-state index is 0.00607. The molecule has 3 N–H and O–H groups in total. The van der Waals surface area contributed by atoms with Gasteiger partial charge in [-0.2, -0.15) is 0 Å². The van der Waals surface area contributed by atoms with Gasteiger partial charge in [-0.25, -0.2) is 4.39 Å². The maximum atomic E-state index is 13.0. The van der Waals surface area contributed by atoms with E-state index in [0.29, 0.717) is 11.3 Å². The van der Waals surface area contributed by atoms with Crippen molar-refractivity contribution in [3.63, 3.8) is 0 Å². The summed E-state index contributed by atoms with van der Waals surface area (Å²) >= 11 is 0. The lowest BCUT2D eigenvalue weighted by Gasteiger charge is -2.10. The van der Waals surface area contributed by atoms with E-state index in [1.165, 1.54) is 12.1 Å². The van der Waals surface area contributed by atoms with Gasteiger partial charge in [-0.15, -0.1) is 0 Å². The number of nitrogens with two attached hydrogens (primary N) is 1. The minimum atomic E-state index is -0.340. The SMILES string of the molecule is N=C(N)c1ccccc1COc1cccc(F)c1. The third-order valence-corrected chi connectivity index (χ3v) is 2.50. The molecule has 2 aromatic rings. The second-order valence-electron chi connectivity index (χ2n) is 3.82. The predicted molar refractivity (Wildman–Crippen MR) is 68.2 cm³/mol. The normalized spacial score (nSPS) is 10.1. The molecule has 0 atom stereocenters. The minimum Gasteiger partial charge on any atom is -0.489 e. The highest BCUT2D eigenvalue weighted by molar-refractivity contribution is 5.96. The predicted octanol–water partition coefficient (Wildman–Crippen LogP) is 2.69. The highest BCUT2D eigenvalue weighted by Crippen LogP contribution is 2.15. The van der Waals surface area contributed by atoms with E-state index in [9.17, 15) is 4.39 Å². The molecule has 18 heavy (non-hydrogen) atoms. The van der Waals surface area contributed by atoms with E-state index in [0.717, 1.165) is 5.56 Å².